The van der Waals surface area contributed by atoms with Gasteiger partial charge in [-0.1, -0.05) is 12.1 Å². The van der Waals surface area contributed by atoms with E-state index >= 15 is 0 Å². The van der Waals surface area contributed by atoms with Crippen molar-refractivity contribution in [3.63, 3.8) is 0 Å². The van der Waals surface area contributed by atoms with Crippen molar-refractivity contribution in [1.29, 1.82) is 5.26 Å². The first kappa shape index (κ1) is 20.7. The molecule has 0 saturated carbocycles. The Labute approximate surface area is 167 Å². The van der Waals surface area contributed by atoms with Crippen molar-refractivity contribution < 1.29 is 29.3 Å². The van der Waals surface area contributed by atoms with Gasteiger partial charge < -0.3 is 20.3 Å². The number of aliphatic carboxylic acids is 1. The van der Waals surface area contributed by atoms with Gasteiger partial charge in [-0.3, -0.25) is 4.79 Å². The van der Waals surface area contributed by atoms with E-state index in [0.717, 1.165) is 0 Å². The number of nitrogens with zero attached hydrogens (tertiary/aromatic N) is 1. The Bertz CT molecular complexity index is 1010. The summed E-state index contributed by atoms with van der Waals surface area (Å²) in [6.07, 6.45) is 1.34. The van der Waals surface area contributed by atoms with Crippen LogP contribution in [0.25, 0.3) is 6.08 Å². The summed E-state index contributed by atoms with van der Waals surface area (Å²) in [5, 5.41) is 29.4. The number of benzene rings is 2. The molecule has 0 bridgehead atoms. The summed E-state index contributed by atoms with van der Waals surface area (Å²) in [7, 11) is 0. The standard InChI is InChI=1S/C19H13BrN2O6/c20-15-7-11(4-5-16(15)28-10-17(23)24)6-13(9-21)18(25)22-14-3-1-2-12(8-14)19(26)27/h1-8H,10H2,(H,22,25)(H,23,24)(H,26,27). The van der Waals surface area contributed by atoms with Crippen molar-refractivity contribution in [3.05, 3.63) is 63.6 Å². The molecule has 8 nitrogen and oxygen atoms in total. The van der Waals surface area contributed by atoms with Gasteiger partial charge in [0.05, 0.1) is 10.0 Å². The smallest absolute Gasteiger partial charge is 0.341 e. The fraction of sp³-hybridized carbons (Fsp3) is 0.0526. The van der Waals surface area contributed by atoms with Crippen LogP contribution in [0.4, 0.5) is 5.69 Å². The SMILES string of the molecule is N#CC(=Cc1ccc(OCC(=O)O)c(Br)c1)C(=O)Nc1cccc(C(=O)O)c1. The van der Waals surface area contributed by atoms with Gasteiger partial charge in [0.1, 0.15) is 17.4 Å². The second-order valence-electron chi connectivity index (χ2n) is 5.38. The zero-order valence-corrected chi connectivity index (χ0v) is 15.8. The number of nitriles is 1. The molecule has 0 atom stereocenters. The number of anilines is 1. The van der Waals surface area contributed by atoms with Gasteiger partial charge in [-0.15, -0.1) is 0 Å². The Hall–Kier alpha value is -3.64. The molecule has 0 aromatic heterocycles. The van der Waals surface area contributed by atoms with Crippen LogP contribution in [-0.4, -0.2) is 34.7 Å². The van der Waals surface area contributed by atoms with Crippen molar-refractivity contribution in [2.45, 2.75) is 0 Å². The molecule has 0 aliphatic carbocycles. The first-order valence-corrected chi connectivity index (χ1v) is 8.50. The van der Waals surface area contributed by atoms with Gasteiger partial charge in [-0.2, -0.15) is 5.26 Å². The normalized spacial score (nSPS) is 10.6. The Morgan fingerprint density at radius 2 is 1.93 bits per heavy atom. The van der Waals surface area contributed by atoms with Crippen molar-refractivity contribution >= 4 is 45.5 Å². The molecule has 28 heavy (non-hydrogen) atoms. The molecule has 9 heteroatoms. The summed E-state index contributed by atoms with van der Waals surface area (Å²) in [5.74, 6) is -2.66. The summed E-state index contributed by atoms with van der Waals surface area (Å²) in [4.78, 5) is 33.9. The predicted octanol–water partition coefficient (Wildman–Crippen LogP) is 3.16. The highest BCUT2D eigenvalue weighted by molar-refractivity contribution is 9.10. The van der Waals surface area contributed by atoms with Crippen LogP contribution in [0.5, 0.6) is 5.75 Å². The molecule has 2 aromatic carbocycles. The third-order valence-electron chi connectivity index (χ3n) is 3.35. The van der Waals surface area contributed by atoms with Gasteiger partial charge >= 0.3 is 11.9 Å². The molecule has 0 spiro atoms. The molecular weight excluding hydrogens is 432 g/mol. The van der Waals surface area contributed by atoms with Crippen LogP contribution < -0.4 is 10.1 Å². The van der Waals surface area contributed by atoms with E-state index < -0.39 is 24.5 Å². The maximum atomic E-state index is 12.3. The molecule has 0 heterocycles. The minimum Gasteiger partial charge on any atom is -0.481 e. The average Bonchev–Trinajstić information content (AvgIpc) is 2.65. The number of carboxylic acid groups (broad SMARTS) is 2. The van der Waals surface area contributed by atoms with Gasteiger partial charge in [-0.05, 0) is 57.9 Å². The zero-order valence-electron chi connectivity index (χ0n) is 14.2. The summed E-state index contributed by atoms with van der Waals surface area (Å²) in [5.41, 5.74) is 0.540. The van der Waals surface area contributed by atoms with Crippen LogP contribution in [0.15, 0.2) is 52.5 Å². The van der Waals surface area contributed by atoms with E-state index in [2.05, 4.69) is 21.2 Å². The Balaban J connectivity index is 2.19. The second-order valence-corrected chi connectivity index (χ2v) is 6.24. The van der Waals surface area contributed by atoms with Crippen LogP contribution in [0.3, 0.4) is 0 Å². The maximum absolute atomic E-state index is 12.3. The Morgan fingerprint density at radius 3 is 2.54 bits per heavy atom. The first-order valence-electron chi connectivity index (χ1n) is 7.71. The van der Waals surface area contributed by atoms with Gasteiger partial charge in [0, 0.05) is 5.69 Å². The van der Waals surface area contributed by atoms with Crippen molar-refractivity contribution in [1.82, 2.24) is 0 Å². The molecule has 3 N–H and O–H groups in total. The summed E-state index contributed by atoms with van der Waals surface area (Å²) in [6, 6.07) is 12.0. The third kappa shape index (κ3) is 5.69. The fourth-order valence-electron chi connectivity index (χ4n) is 2.11. The van der Waals surface area contributed by atoms with E-state index in [4.69, 9.17) is 14.9 Å². The van der Waals surface area contributed by atoms with Gasteiger partial charge in [0.25, 0.3) is 5.91 Å². The highest BCUT2D eigenvalue weighted by Crippen LogP contribution is 2.27. The number of hydrogen-bond acceptors (Lipinski definition) is 5. The molecule has 0 aliphatic heterocycles. The predicted molar refractivity (Wildman–Crippen MR) is 103 cm³/mol. The molecule has 142 valence electrons. The lowest BCUT2D eigenvalue weighted by Crippen LogP contribution is -2.14. The molecule has 1 amide bonds. The number of halogens is 1. The van der Waals surface area contributed by atoms with Crippen LogP contribution in [0, 0.1) is 11.3 Å². The number of rotatable bonds is 7. The van der Waals surface area contributed by atoms with Gasteiger partial charge in [-0.25, -0.2) is 9.59 Å². The summed E-state index contributed by atoms with van der Waals surface area (Å²) in [6.45, 7) is -0.505. The highest BCUT2D eigenvalue weighted by atomic mass is 79.9. The number of nitrogens with one attached hydrogen (secondary N) is 1. The van der Waals surface area contributed by atoms with E-state index in [1.807, 2.05) is 0 Å². The van der Waals surface area contributed by atoms with Gasteiger partial charge in [0.2, 0.25) is 0 Å². The van der Waals surface area contributed by atoms with Crippen molar-refractivity contribution in [2.75, 3.05) is 11.9 Å². The number of ether oxygens (including phenoxy) is 1. The minimum atomic E-state index is -1.14. The number of carboxylic acids is 2. The molecule has 2 aromatic rings. The number of carbonyl (C=O) groups excluding carboxylic acids is 1. The van der Waals surface area contributed by atoms with Crippen LogP contribution in [-0.2, 0) is 9.59 Å². The van der Waals surface area contributed by atoms with Gasteiger partial charge in [0.15, 0.2) is 6.61 Å². The van der Waals surface area contributed by atoms with Crippen molar-refractivity contribution in [3.8, 4) is 11.8 Å². The minimum absolute atomic E-state index is 0.00108. The van der Waals surface area contributed by atoms with Crippen molar-refractivity contribution in [2.24, 2.45) is 0 Å². The molecular formula is C19H13BrN2O6. The quantitative estimate of drug-likeness (QED) is 0.440. The van der Waals surface area contributed by atoms with E-state index in [9.17, 15) is 19.6 Å². The van der Waals surface area contributed by atoms with Crippen LogP contribution in [0.2, 0.25) is 0 Å². The molecule has 0 fully saturated rings. The van der Waals surface area contributed by atoms with E-state index in [1.165, 1.54) is 36.4 Å². The zero-order chi connectivity index (χ0) is 20.7. The van der Waals surface area contributed by atoms with E-state index in [1.54, 1.807) is 18.2 Å². The summed E-state index contributed by atoms with van der Waals surface area (Å²) >= 11 is 3.24. The number of hydrogen-bond donors (Lipinski definition) is 3. The van der Waals surface area contributed by atoms with E-state index in [0.29, 0.717) is 15.8 Å². The first-order chi connectivity index (χ1) is 13.3. The number of aromatic carboxylic acids is 1. The number of carbonyl (C=O) groups is 3. The maximum Gasteiger partial charge on any atom is 0.341 e. The molecule has 2 rings (SSSR count). The third-order valence-corrected chi connectivity index (χ3v) is 3.97. The molecule has 0 radical (unpaired) electrons. The van der Waals surface area contributed by atoms with Crippen LogP contribution in [0.1, 0.15) is 15.9 Å². The van der Waals surface area contributed by atoms with Crippen LogP contribution >= 0.6 is 15.9 Å². The highest BCUT2D eigenvalue weighted by Gasteiger charge is 2.12. The monoisotopic (exact) mass is 444 g/mol. The molecule has 0 saturated heterocycles. The largest absolute Gasteiger partial charge is 0.481 e. The molecule has 0 unspecified atom stereocenters. The molecule has 0 aliphatic rings. The fourth-order valence-corrected chi connectivity index (χ4v) is 2.62. The number of amides is 1. The Kier molecular flexibility index (Phi) is 6.90. The lowest BCUT2D eigenvalue weighted by molar-refractivity contribution is -0.139. The second kappa shape index (κ2) is 9.34. The lowest BCUT2D eigenvalue weighted by atomic mass is 10.1. The topological polar surface area (TPSA) is 137 Å². The summed E-state index contributed by atoms with van der Waals surface area (Å²) < 4.78 is 5.54. The van der Waals surface area contributed by atoms with E-state index in [-0.39, 0.29) is 16.8 Å². The Morgan fingerprint density at radius 1 is 1.18 bits per heavy atom. The average molecular weight is 445 g/mol. The lowest BCUT2D eigenvalue weighted by Gasteiger charge is -2.07.